The molecule has 3 aromatic rings. The number of hydrogen-bond acceptors (Lipinski definition) is 5. The van der Waals surface area contributed by atoms with E-state index in [0.717, 1.165) is 12.0 Å². The molecule has 3 aromatic carbocycles. The molecule has 39 heavy (non-hydrogen) atoms. The van der Waals surface area contributed by atoms with Gasteiger partial charge in [-0.15, -0.1) is 0 Å². The van der Waals surface area contributed by atoms with Gasteiger partial charge in [-0.1, -0.05) is 58.0 Å². The van der Waals surface area contributed by atoms with Crippen LogP contribution in [0.1, 0.15) is 63.8 Å². The number of anilines is 2. The molecule has 4 rings (SSSR count). The van der Waals surface area contributed by atoms with Crippen molar-refractivity contribution in [1.29, 1.82) is 0 Å². The number of ketones is 1. The van der Waals surface area contributed by atoms with Crippen molar-refractivity contribution in [2.75, 3.05) is 16.8 Å². The van der Waals surface area contributed by atoms with Crippen LogP contribution in [-0.4, -0.2) is 29.3 Å². The SMILES string of the molecule is CCCOc1ccc(/C(O)=C2\C(=O)C(=O)N(c3cccc(NC(C)=O)c3)C2c2ccc(C(C)(C)C)cc2)cc1. The van der Waals surface area contributed by atoms with Crippen molar-refractivity contribution < 1.29 is 24.2 Å². The van der Waals surface area contributed by atoms with Gasteiger partial charge in [0, 0.05) is 23.9 Å². The third-order valence-electron chi connectivity index (χ3n) is 6.58. The van der Waals surface area contributed by atoms with E-state index in [2.05, 4.69) is 26.1 Å². The minimum absolute atomic E-state index is 0.00401. The summed E-state index contributed by atoms with van der Waals surface area (Å²) in [7, 11) is 0. The van der Waals surface area contributed by atoms with Gasteiger partial charge in [-0.2, -0.15) is 0 Å². The molecule has 0 saturated carbocycles. The molecule has 1 unspecified atom stereocenters. The Bertz CT molecular complexity index is 1420. The van der Waals surface area contributed by atoms with Crippen LogP contribution in [0.3, 0.4) is 0 Å². The maximum absolute atomic E-state index is 13.5. The molecule has 1 saturated heterocycles. The van der Waals surface area contributed by atoms with Crippen molar-refractivity contribution in [1.82, 2.24) is 0 Å². The van der Waals surface area contributed by atoms with E-state index in [1.165, 1.54) is 11.8 Å². The lowest BCUT2D eigenvalue weighted by Crippen LogP contribution is -2.29. The maximum Gasteiger partial charge on any atom is 0.300 e. The zero-order valence-corrected chi connectivity index (χ0v) is 22.9. The molecule has 0 aromatic heterocycles. The van der Waals surface area contributed by atoms with Crippen LogP contribution < -0.4 is 15.0 Å². The van der Waals surface area contributed by atoms with Crippen LogP contribution in [0.25, 0.3) is 5.76 Å². The number of amides is 2. The van der Waals surface area contributed by atoms with E-state index in [4.69, 9.17) is 4.74 Å². The van der Waals surface area contributed by atoms with Crippen molar-refractivity contribution in [3.05, 3.63) is 95.1 Å². The molecule has 2 amide bonds. The maximum atomic E-state index is 13.5. The number of aliphatic hydroxyl groups excluding tert-OH is 1. The molecule has 1 atom stereocenters. The minimum Gasteiger partial charge on any atom is -0.507 e. The van der Waals surface area contributed by atoms with E-state index in [1.807, 2.05) is 31.2 Å². The second-order valence-electron chi connectivity index (χ2n) is 10.6. The second kappa shape index (κ2) is 11.2. The van der Waals surface area contributed by atoms with E-state index in [0.29, 0.717) is 34.9 Å². The Morgan fingerprint density at radius 3 is 2.26 bits per heavy atom. The molecule has 202 valence electrons. The smallest absolute Gasteiger partial charge is 0.300 e. The van der Waals surface area contributed by atoms with E-state index in [-0.39, 0.29) is 22.7 Å². The van der Waals surface area contributed by atoms with Crippen LogP contribution in [0.2, 0.25) is 0 Å². The van der Waals surface area contributed by atoms with Gasteiger partial charge >= 0.3 is 0 Å². The average Bonchev–Trinajstić information content (AvgIpc) is 3.17. The number of carbonyl (C=O) groups is 3. The Hall–Kier alpha value is -4.39. The van der Waals surface area contributed by atoms with Crippen molar-refractivity contribution in [3.63, 3.8) is 0 Å². The number of nitrogens with zero attached hydrogens (tertiary/aromatic N) is 1. The fourth-order valence-electron chi connectivity index (χ4n) is 4.60. The zero-order chi connectivity index (χ0) is 28.3. The summed E-state index contributed by atoms with van der Waals surface area (Å²) in [6.07, 6.45) is 0.863. The van der Waals surface area contributed by atoms with E-state index in [1.54, 1.807) is 48.5 Å². The van der Waals surface area contributed by atoms with Crippen LogP contribution in [0.4, 0.5) is 11.4 Å². The lowest BCUT2D eigenvalue weighted by Gasteiger charge is -2.27. The molecule has 1 aliphatic heterocycles. The second-order valence-corrected chi connectivity index (χ2v) is 10.6. The first-order valence-electron chi connectivity index (χ1n) is 13.0. The first-order chi connectivity index (χ1) is 18.5. The lowest BCUT2D eigenvalue weighted by atomic mass is 9.85. The summed E-state index contributed by atoms with van der Waals surface area (Å²) in [5, 5.41) is 14.1. The molecule has 1 aliphatic rings. The Morgan fingerprint density at radius 2 is 1.67 bits per heavy atom. The van der Waals surface area contributed by atoms with Gasteiger partial charge in [-0.25, -0.2) is 0 Å². The molecule has 1 heterocycles. The monoisotopic (exact) mass is 526 g/mol. The molecular weight excluding hydrogens is 492 g/mol. The molecule has 2 N–H and O–H groups in total. The first-order valence-corrected chi connectivity index (χ1v) is 13.0. The van der Waals surface area contributed by atoms with Gasteiger partial charge in [0.15, 0.2) is 0 Å². The van der Waals surface area contributed by atoms with Gasteiger partial charge in [0.05, 0.1) is 18.2 Å². The summed E-state index contributed by atoms with van der Waals surface area (Å²) in [6, 6.07) is 20.4. The minimum atomic E-state index is -0.873. The van der Waals surface area contributed by atoms with Crippen molar-refractivity contribution >= 4 is 34.7 Å². The third-order valence-corrected chi connectivity index (χ3v) is 6.58. The molecular formula is C32H34N2O5. The average molecular weight is 527 g/mol. The topological polar surface area (TPSA) is 95.9 Å². The largest absolute Gasteiger partial charge is 0.507 e. The Labute approximate surface area is 229 Å². The number of aliphatic hydroxyl groups is 1. The molecule has 7 nitrogen and oxygen atoms in total. The van der Waals surface area contributed by atoms with Crippen LogP contribution in [0, 0.1) is 0 Å². The number of carbonyl (C=O) groups excluding carboxylic acids is 3. The zero-order valence-electron chi connectivity index (χ0n) is 22.9. The third kappa shape index (κ3) is 5.87. The van der Waals surface area contributed by atoms with Gasteiger partial charge in [0.2, 0.25) is 5.91 Å². The summed E-state index contributed by atoms with van der Waals surface area (Å²) in [5.74, 6) is -1.41. The molecule has 0 spiro atoms. The Morgan fingerprint density at radius 1 is 1.00 bits per heavy atom. The van der Waals surface area contributed by atoms with Crippen molar-refractivity contribution in [2.24, 2.45) is 0 Å². The number of Topliss-reactive ketones (excluding diaryl/α,β-unsaturated/α-hetero) is 1. The number of rotatable bonds is 7. The highest BCUT2D eigenvalue weighted by Gasteiger charge is 2.47. The van der Waals surface area contributed by atoms with Gasteiger partial charge in [-0.05, 0) is 65.4 Å². The molecule has 7 heteroatoms. The van der Waals surface area contributed by atoms with Gasteiger partial charge in [0.1, 0.15) is 11.5 Å². The highest BCUT2D eigenvalue weighted by molar-refractivity contribution is 6.51. The lowest BCUT2D eigenvalue weighted by molar-refractivity contribution is -0.132. The predicted molar refractivity (Wildman–Crippen MR) is 153 cm³/mol. The number of ether oxygens (including phenoxy) is 1. The van der Waals surface area contributed by atoms with Crippen LogP contribution in [0.5, 0.6) is 5.75 Å². The molecule has 0 bridgehead atoms. The van der Waals surface area contributed by atoms with Crippen molar-refractivity contribution in [2.45, 2.75) is 52.5 Å². The number of hydrogen-bond donors (Lipinski definition) is 2. The molecule has 1 fully saturated rings. The Kier molecular flexibility index (Phi) is 7.90. The number of nitrogens with one attached hydrogen (secondary N) is 1. The fraction of sp³-hybridized carbons (Fsp3) is 0.281. The van der Waals surface area contributed by atoms with Gasteiger partial charge < -0.3 is 15.2 Å². The van der Waals surface area contributed by atoms with Gasteiger partial charge in [0.25, 0.3) is 11.7 Å². The quantitative estimate of drug-likeness (QED) is 0.212. The van der Waals surface area contributed by atoms with Gasteiger partial charge in [-0.3, -0.25) is 19.3 Å². The normalized spacial score (nSPS) is 16.8. The summed E-state index contributed by atoms with van der Waals surface area (Å²) >= 11 is 0. The van der Waals surface area contributed by atoms with Crippen LogP contribution in [-0.2, 0) is 19.8 Å². The first kappa shape index (κ1) is 27.6. The fourth-order valence-corrected chi connectivity index (χ4v) is 4.60. The number of benzene rings is 3. The van der Waals surface area contributed by atoms with E-state index >= 15 is 0 Å². The summed E-state index contributed by atoms with van der Waals surface area (Å²) < 4.78 is 5.64. The summed E-state index contributed by atoms with van der Waals surface area (Å²) in [6.45, 7) is 10.3. The summed E-state index contributed by atoms with van der Waals surface area (Å²) in [5.41, 5.74) is 3.00. The standard InChI is InChI=1S/C32H34N2O5/c1-6-18-39-26-16-12-22(13-17-26)29(36)27-28(21-10-14-23(15-11-21)32(3,4)5)34(31(38)30(27)37)25-9-7-8-24(19-25)33-20(2)35/h7-17,19,28,36H,6,18H2,1-5H3,(H,33,35)/b29-27+. The van der Waals surface area contributed by atoms with Crippen molar-refractivity contribution in [3.8, 4) is 5.75 Å². The van der Waals surface area contributed by atoms with Crippen LogP contribution >= 0.6 is 0 Å². The highest BCUT2D eigenvalue weighted by Crippen LogP contribution is 2.43. The highest BCUT2D eigenvalue weighted by atomic mass is 16.5. The predicted octanol–water partition coefficient (Wildman–Crippen LogP) is 6.36. The molecule has 0 radical (unpaired) electrons. The summed E-state index contributed by atoms with van der Waals surface area (Å²) in [4.78, 5) is 40.0. The van der Waals surface area contributed by atoms with Crippen LogP contribution in [0.15, 0.2) is 78.4 Å². The molecule has 0 aliphatic carbocycles. The van der Waals surface area contributed by atoms with E-state index < -0.39 is 17.7 Å². The Balaban J connectivity index is 1.86. The van der Waals surface area contributed by atoms with E-state index in [9.17, 15) is 19.5 Å².